The van der Waals surface area contributed by atoms with Gasteiger partial charge in [0.1, 0.15) is 97.9 Å². The molecule has 6 aromatic rings. The number of carboxylic acid groups (broad SMARTS) is 2. The van der Waals surface area contributed by atoms with Gasteiger partial charge in [0.25, 0.3) is 0 Å². The van der Waals surface area contributed by atoms with Crippen molar-refractivity contribution >= 4 is 136 Å². The number of aliphatic carboxylic acids is 2. The highest BCUT2D eigenvalue weighted by Crippen LogP contribution is 2.24. The van der Waals surface area contributed by atoms with E-state index in [2.05, 4.69) is 90.6 Å². The summed E-state index contributed by atoms with van der Waals surface area (Å²) in [7, 11) is 1.42. The van der Waals surface area contributed by atoms with Gasteiger partial charge in [-0.05, 0) is 134 Å². The van der Waals surface area contributed by atoms with E-state index in [-0.39, 0.29) is 119 Å². The topological polar surface area (TPSA) is 707 Å². The number of nitrogens with two attached hydrogens (primary N) is 2. The van der Waals surface area contributed by atoms with Crippen LogP contribution in [0.25, 0.3) is 6.08 Å². The van der Waals surface area contributed by atoms with E-state index < -0.39 is 256 Å². The first-order chi connectivity index (χ1) is 70.4. The van der Waals surface area contributed by atoms with Gasteiger partial charge in [-0.3, -0.25) is 91.7 Å². The van der Waals surface area contributed by atoms with E-state index in [4.69, 9.17) is 21.6 Å². The molecule has 48 heteroatoms. The summed E-state index contributed by atoms with van der Waals surface area (Å²) in [6, 6.07) is 10.4. The average Bonchev–Trinajstić information content (AvgIpc) is 1.68. The number of amides is 16. The van der Waals surface area contributed by atoms with Gasteiger partial charge in [-0.15, -0.1) is 0 Å². The third-order valence-electron chi connectivity index (χ3n) is 23.6. The van der Waals surface area contributed by atoms with Crippen molar-refractivity contribution in [3.63, 3.8) is 0 Å². The lowest BCUT2D eigenvalue weighted by atomic mass is 10.0. The monoisotopic (exact) mass is 2060 g/mol. The maximum atomic E-state index is 15.4. The minimum atomic E-state index is -1.97. The number of guanidine groups is 1. The molecular formula is C99H135N23O24S. The van der Waals surface area contributed by atoms with Gasteiger partial charge in [-0.25, -0.2) is 4.98 Å². The molecule has 0 aliphatic carbocycles. The Morgan fingerprint density at radius 3 is 1.61 bits per heavy atom. The Kier molecular flexibility index (Phi) is 50.2. The molecule has 1 aliphatic heterocycles. The number of aromatic nitrogens is 3. The second-order valence-electron chi connectivity index (χ2n) is 35.1. The number of hydrogen-bond donors (Lipinski definition) is 23. The number of phenols is 1. The zero-order valence-electron chi connectivity index (χ0n) is 82.6. The molecular weight excluding hydrogens is 1930 g/mol. The van der Waals surface area contributed by atoms with Crippen molar-refractivity contribution < 1.29 is 117 Å². The predicted molar refractivity (Wildman–Crippen MR) is 540 cm³/mol. The van der Waals surface area contributed by atoms with Crippen molar-refractivity contribution in [2.45, 2.75) is 190 Å². The Labute approximate surface area is 853 Å². The molecule has 12 unspecified atom stereocenters. The number of likely N-dealkylation sites (tertiary alicyclic amines) is 1. The molecule has 25 N–H and O–H groups in total. The van der Waals surface area contributed by atoms with Crippen LogP contribution in [-0.4, -0.2) is 331 Å². The highest BCUT2D eigenvalue weighted by Gasteiger charge is 2.43. The van der Waals surface area contributed by atoms with Crippen LogP contribution in [0.5, 0.6) is 5.75 Å². The summed E-state index contributed by atoms with van der Waals surface area (Å²) >= 11 is 1.19. The molecule has 16 amide bonds. The van der Waals surface area contributed by atoms with Crippen LogP contribution in [0.2, 0.25) is 0 Å². The first kappa shape index (κ1) is 119. The molecule has 1 saturated heterocycles. The van der Waals surface area contributed by atoms with Gasteiger partial charge in [0.15, 0.2) is 5.96 Å². The number of carbonyl (C=O) groups excluding carboxylic acids is 16. The summed E-state index contributed by atoms with van der Waals surface area (Å²) in [4.78, 5) is 271. The zero-order valence-corrected chi connectivity index (χ0v) is 83.4. The summed E-state index contributed by atoms with van der Waals surface area (Å²) in [6.07, 6.45) is 9.90. The van der Waals surface area contributed by atoms with Gasteiger partial charge in [-0.2, -0.15) is 11.8 Å². The Morgan fingerprint density at radius 2 is 1.07 bits per heavy atom. The number of methoxy groups -OCH3 is 1. The van der Waals surface area contributed by atoms with Gasteiger partial charge in [0.2, 0.25) is 94.5 Å². The number of imidazole rings is 1. The fourth-order valence-electron chi connectivity index (χ4n) is 15.7. The fraction of sp³-hybridized carbons (Fsp3) is 0.455. The second kappa shape index (κ2) is 62.3. The third-order valence-corrected chi connectivity index (χ3v) is 24.3. The highest BCUT2D eigenvalue weighted by atomic mass is 32.2. The number of aromatic hydroxyl groups is 1. The summed E-state index contributed by atoms with van der Waals surface area (Å²) < 4.78 is 5.14. The number of carboxylic acids is 2. The second-order valence-corrected chi connectivity index (χ2v) is 36.1. The number of aliphatic hydroxyl groups is 2. The Bertz CT molecular complexity index is 5430. The molecule has 7 rings (SSSR count). The van der Waals surface area contributed by atoms with Crippen LogP contribution in [-0.2, 0) is 123 Å². The SMILES string of the molecule is C=C/C=C\c1c[nH]cc1CC(NC(=O)C(CCCNC(=N)N)NC(=O)C(Cc1ccccc1)NC(=O)C(Cc1c[nH]cn1)NC(=O)C(CCC(=O)O)NC(=O)C(CCSC)NC(=O)C(CO)NC(=O)C(Cc1ccc(O)cc1)NC(=O)C(CO)NC(=O)CN(C(=O)CN(Cc1ccccc1)C(=O)CN(CCOC)C(C)=O)c1ccccc1)C(=O)NC(CCCCN)C(=O)N1CCCC1C(=O)NC(C(=O)NCC(=O)O)C(C)C. The van der Waals surface area contributed by atoms with E-state index in [9.17, 15) is 87.9 Å². The Balaban J connectivity index is 1.12. The molecule has 1 fully saturated rings. The van der Waals surface area contributed by atoms with Crippen LogP contribution >= 0.6 is 11.8 Å². The Morgan fingerprint density at radius 1 is 0.565 bits per heavy atom. The third kappa shape index (κ3) is 40.2. The number of para-hydroxylation sites is 1. The Hall–Kier alpha value is -15.4. The highest BCUT2D eigenvalue weighted by molar-refractivity contribution is 7.98. The molecule has 147 heavy (non-hydrogen) atoms. The van der Waals surface area contributed by atoms with Gasteiger partial charge in [0, 0.05) is 96.6 Å². The number of nitrogens with one attached hydrogen (secondary N) is 16. The van der Waals surface area contributed by atoms with Crippen molar-refractivity contribution in [3.05, 3.63) is 192 Å². The summed E-state index contributed by atoms with van der Waals surface area (Å²) in [5.41, 5.74) is 14.2. The number of H-pyrrole nitrogens is 2. The van der Waals surface area contributed by atoms with E-state index in [0.29, 0.717) is 35.1 Å². The summed E-state index contributed by atoms with van der Waals surface area (Å²) in [5.74, 6) is -18.9. The quantitative estimate of drug-likeness (QED) is 0.00822. The lowest BCUT2D eigenvalue weighted by Crippen LogP contribution is -2.62. The zero-order chi connectivity index (χ0) is 108. The van der Waals surface area contributed by atoms with Gasteiger partial charge in [-0.1, -0.05) is 130 Å². The van der Waals surface area contributed by atoms with Crippen LogP contribution in [0, 0.1) is 11.3 Å². The van der Waals surface area contributed by atoms with Crippen molar-refractivity contribution in [2.75, 3.05) is 96.2 Å². The minimum Gasteiger partial charge on any atom is -0.508 e. The number of allylic oxidation sites excluding steroid dienone is 2. The first-order valence-corrected chi connectivity index (χ1v) is 49.3. The van der Waals surface area contributed by atoms with Crippen molar-refractivity contribution in [2.24, 2.45) is 17.4 Å². The van der Waals surface area contributed by atoms with E-state index in [0.717, 1.165) is 4.90 Å². The van der Waals surface area contributed by atoms with Crippen molar-refractivity contribution in [1.29, 1.82) is 5.41 Å². The van der Waals surface area contributed by atoms with E-state index in [1.54, 1.807) is 124 Å². The number of nitrogens with zero attached hydrogens (tertiary/aromatic N) is 5. The number of benzene rings is 4. The number of phenolic OH excluding ortho intramolecular Hbond substituents is 1. The molecule has 3 heterocycles. The van der Waals surface area contributed by atoms with E-state index >= 15 is 24.0 Å². The number of carbonyl (C=O) groups is 18. The van der Waals surface area contributed by atoms with Crippen LogP contribution in [0.4, 0.5) is 5.69 Å². The molecule has 1 aliphatic rings. The smallest absolute Gasteiger partial charge is 0.322 e. The van der Waals surface area contributed by atoms with Crippen LogP contribution < -0.4 is 85.5 Å². The first-order valence-electron chi connectivity index (χ1n) is 47.9. The summed E-state index contributed by atoms with van der Waals surface area (Å²) in [5, 5.41) is 92.4. The largest absolute Gasteiger partial charge is 0.508 e. The van der Waals surface area contributed by atoms with Crippen LogP contribution in [0.1, 0.15) is 118 Å². The number of unbranched alkanes of at least 4 members (excludes halogenated alkanes) is 1. The molecule has 2 aromatic heterocycles. The molecule has 47 nitrogen and oxygen atoms in total. The summed E-state index contributed by atoms with van der Waals surface area (Å²) in [6.45, 7) is 3.60. The number of aliphatic hydroxyl groups excluding tert-OH is 2. The molecule has 0 spiro atoms. The maximum absolute atomic E-state index is 15.4. The number of ether oxygens (including phenoxy) is 1. The fourth-order valence-corrected chi connectivity index (χ4v) is 16.2. The number of aromatic amines is 2. The molecule has 796 valence electrons. The van der Waals surface area contributed by atoms with Crippen LogP contribution in [0.15, 0.2) is 159 Å². The standard InChI is InChI=1S/C99H135N23O24S/c1-7-8-26-65-49-103-50-66(65)47-76(92(139)112-73(29-18-19-39-100)98(145)121-41-21-31-80(121)96(143)118-86(60(2)3)97(144)106-52-85(132)133)115-87(134)70(30-20-40-105-99(101)102)109-90(137)74(45-62-22-12-9-13-23-62)113-93(140)77(48-67-51-104-59-107-67)116-88(135)71(36-37-84(130)131)110-89(136)72(38-44-147-6)111-95(142)79(58-124)117-91(138)75(46-63-32-34-69(126)35-33-63)114-94(141)78(57-123)108-81(127)54-122(68-27-16-11-17-28-68)83(129)56-120(53-64-24-14-10-15-25-64)82(128)55-119(61(4)125)42-43-146-5/h7-17,22-28,32-35,49-51,59-60,70-80,86,103,123-124,126H,1,18-21,29-31,36-48,52-58,100H2,2-6H3,(H,104,107)(H,106,144)(H,108,127)(H,109,137)(H,110,136)(H,111,142)(H,112,139)(H,113,140)(H,114,141)(H,115,134)(H,116,135)(H,117,138)(H,118,143)(H,130,131)(H,132,133)(H4,101,102,105)/b26-8-. The number of rotatable bonds is 64. The minimum absolute atomic E-state index is 0.00283. The van der Waals surface area contributed by atoms with Gasteiger partial charge >= 0.3 is 11.9 Å². The average molecular weight is 2060 g/mol. The van der Waals surface area contributed by atoms with Crippen molar-refractivity contribution in [3.8, 4) is 5.75 Å². The predicted octanol–water partition coefficient (Wildman–Crippen LogP) is -2.35. The maximum Gasteiger partial charge on any atom is 0.322 e. The van der Waals surface area contributed by atoms with Gasteiger partial charge in [0.05, 0.1) is 38.4 Å². The number of hydrogen-bond acceptors (Lipinski definition) is 26. The molecule has 0 saturated carbocycles. The van der Waals surface area contributed by atoms with Crippen molar-refractivity contribution in [1.82, 2.24) is 98.8 Å². The lowest BCUT2D eigenvalue weighted by Gasteiger charge is -2.31. The number of thioether (sulfide) groups is 1. The lowest BCUT2D eigenvalue weighted by molar-refractivity contribution is -0.143. The molecule has 0 bridgehead atoms. The molecule has 12 atom stereocenters. The normalized spacial score (nSPS) is 14.4. The van der Waals surface area contributed by atoms with Crippen LogP contribution in [0.3, 0.4) is 0 Å². The number of anilines is 1. The van der Waals surface area contributed by atoms with E-state index in [1.165, 1.54) is 95.5 Å². The molecule has 0 radical (unpaired) electrons. The molecule has 4 aromatic carbocycles. The van der Waals surface area contributed by atoms with E-state index in [1.807, 2.05) is 0 Å². The van der Waals surface area contributed by atoms with Gasteiger partial charge < -0.3 is 140 Å².